The predicted molar refractivity (Wildman–Crippen MR) is 86.6 cm³/mol. The van der Waals surface area contributed by atoms with Crippen LogP contribution in [0.15, 0.2) is 18.2 Å². The highest BCUT2D eigenvalue weighted by Crippen LogP contribution is 2.32. The first-order valence-electron chi connectivity index (χ1n) is 7.72. The molecule has 0 aromatic heterocycles. The van der Waals surface area contributed by atoms with Gasteiger partial charge < -0.3 is 14.8 Å². The standard InChI is InChI=1S/C16H25NO3S/c1-3-5-10-21(18)12-14(17-4-2)13-6-7-15-16(11-13)20-9-8-19-15/h6-7,11,14,17H,3-5,8-10,12H2,1-2H3. The van der Waals surface area contributed by atoms with Gasteiger partial charge >= 0.3 is 0 Å². The van der Waals surface area contributed by atoms with Crippen LogP contribution in [0.3, 0.4) is 0 Å². The average molecular weight is 311 g/mol. The summed E-state index contributed by atoms with van der Waals surface area (Å²) in [4.78, 5) is 0. The summed E-state index contributed by atoms with van der Waals surface area (Å²) in [5.41, 5.74) is 1.12. The van der Waals surface area contributed by atoms with Gasteiger partial charge in [0.15, 0.2) is 11.5 Å². The third kappa shape index (κ3) is 4.71. The SMILES string of the molecule is CCCCS(=O)CC(NCC)c1ccc2c(c1)OCCO2. The number of benzene rings is 1. The van der Waals surface area contributed by atoms with Gasteiger partial charge in [0, 0.05) is 28.3 Å². The van der Waals surface area contributed by atoms with Crippen LogP contribution in [0, 0.1) is 0 Å². The van der Waals surface area contributed by atoms with E-state index in [0.29, 0.717) is 19.0 Å². The largest absolute Gasteiger partial charge is 0.486 e. The van der Waals surface area contributed by atoms with Crippen LogP contribution in [0.2, 0.25) is 0 Å². The van der Waals surface area contributed by atoms with E-state index in [4.69, 9.17) is 9.47 Å². The van der Waals surface area contributed by atoms with Crippen molar-refractivity contribution in [2.75, 3.05) is 31.3 Å². The summed E-state index contributed by atoms with van der Waals surface area (Å²) in [5.74, 6) is 3.02. The van der Waals surface area contributed by atoms with E-state index in [1.54, 1.807) is 0 Å². The summed E-state index contributed by atoms with van der Waals surface area (Å²) in [5, 5.41) is 3.42. The van der Waals surface area contributed by atoms with E-state index in [-0.39, 0.29) is 6.04 Å². The zero-order valence-corrected chi connectivity index (χ0v) is 13.7. The van der Waals surface area contributed by atoms with Crippen molar-refractivity contribution >= 4 is 10.8 Å². The zero-order chi connectivity index (χ0) is 15.1. The van der Waals surface area contributed by atoms with Crippen LogP contribution in [-0.2, 0) is 10.8 Å². The summed E-state index contributed by atoms with van der Waals surface area (Å²) in [6, 6.07) is 6.10. The lowest BCUT2D eigenvalue weighted by atomic mass is 10.1. The Hall–Kier alpha value is -1.07. The monoisotopic (exact) mass is 311 g/mol. The van der Waals surface area contributed by atoms with Crippen LogP contribution in [0.4, 0.5) is 0 Å². The normalized spacial score (nSPS) is 16.5. The molecule has 0 saturated heterocycles. The average Bonchev–Trinajstić information content (AvgIpc) is 2.52. The van der Waals surface area contributed by atoms with Crippen molar-refractivity contribution in [1.82, 2.24) is 5.32 Å². The lowest BCUT2D eigenvalue weighted by molar-refractivity contribution is 0.171. The molecule has 1 N–H and O–H groups in total. The topological polar surface area (TPSA) is 47.6 Å². The number of hydrogen-bond acceptors (Lipinski definition) is 4. The fraction of sp³-hybridized carbons (Fsp3) is 0.625. The number of hydrogen-bond donors (Lipinski definition) is 1. The van der Waals surface area contributed by atoms with Gasteiger partial charge in [-0.25, -0.2) is 0 Å². The lowest BCUT2D eigenvalue weighted by Gasteiger charge is -2.22. The van der Waals surface area contributed by atoms with Crippen molar-refractivity contribution in [3.05, 3.63) is 23.8 Å². The maximum absolute atomic E-state index is 12.2. The summed E-state index contributed by atoms with van der Waals surface area (Å²) in [6.45, 7) is 6.23. The molecule has 0 aliphatic carbocycles. The Labute approximate surface area is 129 Å². The van der Waals surface area contributed by atoms with Crippen molar-refractivity contribution in [3.8, 4) is 11.5 Å². The smallest absolute Gasteiger partial charge is 0.161 e. The molecule has 1 aromatic carbocycles. The Morgan fingerprint density at radius 2 is 2.00 bits per heavy atom. The van der Waals surface area contributed by atoms with E-state index in [2.05, 4.69) is 19.2 Å². The minimum absolute atomic E-state index is 0.100. The van der Waals surface area contributed by atoms with Crippen LogP contribution in [0.1, 0.15) is 38.3 Å². The fourth-order valence-electron chi connectivity index (χ4n) is 2.37. The molecule has 2 unspecified atom stereocenters. The molecular weight excluding hydrogens is 286 g/mol. The maximum Gasteiger partial charge on any atom is 0.161 e. The third-order valence-electron chi connectivity index (χ3n) is 3.50. The molecule has 21 heavy (non-hydrogen) atoms. The molecule has 4 nitrogen and oxygen atoms in total. The highest BCUT2D eigenvalue weighted by Gasteiger charge is 2.18. The van der Waals surface area contributed by atoms with Crippen molar-refractivity contribution in [2.45, 2.75) is 32.7 Å². The molecule has 0 spiro atoms. The molecule has 1 aliphatic heterocycles. The Kier molecular flexibility index (Phi) is 6.51. The number of fused-ring (bicyclic) bond motifs is 1. The van der Waals surface area contributed by atoms with E-state index < -0.39 is 10.8 Å². The van der Waals surface area contributed by atoms with Crippen molar-refractivity contribution < 1.29 is 13.7 Å². The molecule has 2 rings (SSSR count). The number of nitrogens with one attached hydrogen (secondary N) is 1. The number of unbranched alkanes of at least 4 members (excludes halogenated alkanes) is 1. The lowest BCUT2D eigenvalue weighted by Crippen LogP contribution is -2.27. The molecule has 1 heterocycles. The van der Waals surface area contributed by atoms with E-state index in [0.717, 1.165) is 42.2 Å². The Morgan fingerprint density at radius 3 is 2.71 bits per heavy atom. The number of rotatable bonds is 8. The first kappa shape index (κ1) is 16.3. The Morgan fingerprint density at radius 1 is 1.24 bits per heavy atom. The molecule has 1 aliphatic rings. The van der Waals surface area contributed by atoms with Gasteiger partial charge in [0.25, 0.3) is 0 Å². The quantitative estimate of drug-likeness (QED) is 0.802. The highest BCUT2D eigenvalue weighted by molar-refractivity contribution is 7.85. The highest BCUT2D eigenvalue weighted by atomic mass is 32.2. The van der Waals surface area contributed by atoms with Gasteiger partial charge in [-0.2, -0.15) is 0 Å². The van der Waals surface area contributed by atoms with E-state index in [9.17, 15) is 4.21 Å². The summed E-state index contributed by atoms with van der Waals surface area (Å²) >= 11 is 0. The second-order valence-corrected chi connectivity index (χ2v) is 6.80. The van der Waals surface area contributed by atoms with Crippen molar-refractivity contribution in [1.29, 1.82) is 0 Å². The van der Waals surface area contributed by atoms with Crippen LogP contribution in [0.25, 0.3) is 0 Å². The minimum Gasteiger partial charge on any atom is -0.486 e. The van der Waals surface area contributed by atoms with Gasteiger partial charge in [0.05, 0.1) is 0 Å². The van der Waals surface area contributed by atoms with Gasteiger partial charge in [0.2, 0.25) is 0 Å². The van der Waals surface area contributed by atoms with Gasteiger partial charge in [-0.3, -0.25) is 4.21 Å². The van der Waals surface area contributed by atoms with Crippen LogP contribution in [-0.4, -0.2) is 35.5 Å². The first-order valence-corrected chi connectivity index (χ1v) is 9.21. The molecule has 5 heteroatoms. The molecular formula is C16H25NO3S. The first-order chi connectivity index (χ1) is 10.2. The molecule has 0 amide bonds. The molecule has 1 aromatic rings. The predicted octanol–water partition coefficient (Wildman–Crippen LogP) is 2.66. The van der Waals surface area contributed by atoms with Gasteiger partial charge in [-0.15, -0.1) is 0 Å². The molecule has 0 bridgehead atoms. The number of ether oxygens (including phenoxy) is 2. The summed E-state index contributed by atoms with van der Waals surface area (Å²) < 4.78 is 23.3. The Bertz CT molecular complexity index is 479. The van der Waals surface area contributed by atoms with Crippen LogP contribution < -0.4 is 14.8 Å². The zero-order valence-electron chi connectivity index (χ0n) is 12.9. The second-order valence-electron chi connectivity index (χ2n) is 5.18. The van der Waals surface area contributed by atoms with Crippen LogP contribution >= 0.6 is 0 Å². The van der Waals surface area contributed by atoms with Gasteiger partial charge in [-0.1, -0.05) is 26.3 Å². The van der Waals surface area contributed by atoms with Crippen LogP contribution in [0.5, 0.6) is 11.5 Å². The summed E-state index contributed by atoms with van der Waals surface area (Å²) in [7, 11) is -0.788. The molecule has 2 atom stereocenters. The Balaban J connectivity index is 2.08. The second kappa shape index (κ2) is 8.39. The fourth-order valence-corrected chi connectivity index (χ4v) is 3.83. The van der Waals surface area contributed by atoms with E-state index >= 15 is 0 Å². The van der Waals surface area contributed by atoms with E-state index in [1.807, 2.05) is 18.2 Å². The molecule has 0 fully saturated rings. The third-order valence-corrected chi connectivity index (χ3v) is 4.95. The van der Waals surface area contributed by atoms with Gasteiger partial charge in [0.1, 0.15) is 13.2 Å². The summed E-state index contributed by atoms with van der Waals surface area (Å²) in [6.07, 6.45) is 2.11. The van der Waals surface area contributed by atoms with E-state index in [1.165, 1.54) is 0 Å². The van der Waals surface area contributed by atoms with Gasteiger partial charge in [-0.05, 0) is 30.7 Å². The molecule has 0 saturated carbocycles. The maximum atomic E-state index is 12.2. The minimum atomic E-state index is -0.788. The van der Waals surface area contributed by atoms with Crippen molar-refractivity contribution in [2.24, 2.45) is 0 Å². The molecule has 118 valence electrons. The van der Waals surface area contributed by atoms with Crippen molar-refractivity contribution in [3.63, 3.8) is 0 Å². The molecule has 0 radical (unpaired) electrons.